The third-order valence-corrected chi connectivity index (χ3v) is 7.73. The number of fused-ring (bicyclic) bond motifs is 1. The zero-order chi connectivity index (χ0) is 31.6. The Morgan fingerprint density at radius 1 is 1.09 bits per heavy atom. The minimum Gasteiger partial charge on any atom is -0.403 e. The zero-order valence-electron chi connectivity index (χ0n) is 22.3. The van der Waals surface area contributed by atoms with Crippen LogP contribution in [0.3, 0.4) is 0 Å². The Labute approximate surface area is 259 Å². The molecule has 3 amide bonds. The molecule has 2 atom stereocenters. The first-order valence-corrected chi connectivity index (χ1v) is 14.1. The maximum atomic E-state index is 14.7. The van der Waals surface area contributed by atoms with Gasteiger partial charge in [0.25, 0.3) is 5.91 Å². The number of benzene rings is 2. The topological polar surface area (TPSA) is 145 Å². The van der Waals surface area contributed by atoms with Crippen molar-refractivity contribution in [3.63, 3.8) is 0 Å². The van der Waals surface area contributed by atoms with Gasteiger partial charge in [-0.05, 0) is 55.2 Å². The lowest BCUT2D eigenvalue weighted by Gasteiger charge is -2.27. The van der Waals surface area contributed by atoms with E-state index in [0.717, 1.165) is 18.2 Å². The van der Waals surface area contributed by atoms with Crippen LogP contribution in [0.5, 0.6) is 5.75 Å². The Bertz CT molecular complexity index is 1820. The predicted molar refractivity (Wildman–Crippen MR) is 156 cm³/mol. The molecule has 1 fully saturated rings. The van der Waals surface area contributed by atoms with Crippen molar-refractivity contribution in [2.45, 2.75) is 35.8 Å². The molecule has 3 N–H and O–H groups in total. The Kier molecular flexibility index (Phi) is 8.67. The van der Waals surface area contributed by atoms with Crippen molar-refractivity contribution >= 4 is 56.9 Å². The van der Waals surface area contributed by atoms with E-state index < -0.39 is 51.4 Å². The third kappa shape index (κ3) is 6.72. The molecule has 3 heterocycles. The molecule has 0 spiro atoms. The second kappa shape index (κ2) is 12.4. The molecule has 0 aliphatic carbocycles. The summed E-state index contributed by atoms with van der Waals surface area (Å²) in [5.74, 6) is 1.31. The summed E-state index contributed by atoms with van der Waals surface area (Å²) in [4.78, 5) is 48.2. The SMILES string of the molecule is NC(=O)c1nn(CC(=O)N2[C@H](I)CC[C@H]2C(=O)Nc2cccc(OC(F)(F)F)c2F)c2ccc(C#Cc3ncccn3)cc12. The number of carbonyl (C=O) groups is 3. The van der Waals surface area contributed by atoms with E-state index in [-0.39, 0.29) is 18.7 Å². The maximum absolute atomic E-state index is 14.7. The van der Waals surface area contributed by atoms with Gasteiger partial charge in [-0.15, -0.1) is 13.2 Å². The molecule has 5 rings (SSSR count). The highest BCUT2D eigenvalue weighted by molar-refractivity contribution is 14.1. The number of nitrogens with zero attached hydrogens (tertiary/aromatic N) is 5. The van der Waals surface area contributed by atoms with Crippen molar-refractivity contribution in [1.29, 1.82) is 0 Å². The summed E-state index contributed by atoms with van der Waals surface area (Å²) in [5, 5.41) is 6.85. The average Bonchev–Trinajstić information content (AvgIpc) is 3.54. The minimum atomic E-state index is -5.14. The number of amides is 3. The molecule has 16 heteroatoms. The first-order valence-electron chi connectivity index (χ1n) is 12.8. The molecule has 0 radical (unpaired) electrons. The Hall–Kier alpha value is -4.79. The first kappa shape index (κ1) is 30.7. The summed E-state index contributed by atoms with van der Waals surface area (Å²) in [5.41, 5.74) is 5.84. The van der Waals surface area contributed by atoms with Crippen LogP contribution in [-0.2, 0) is 16.1 Å². The lowest BCUT2D eigenvalue weighted by molar-refractivity contribution is -0.275. The van der Waals surface area contributed by atoms with Crippen molar-refractivity contribution in [2.75, 3.05) is 5.32 Å². The van der Waals surface area contributed by atoms with Crippen LogP contribution in [0.4, 0.5) is 23.2 Å². The van der Waals surface area contributed by atoms with E-state index in [2.05, 4.69) is 37.0 Å². The van der Waals surface area contributed by atoms with Gasteiger partial charge in [0.05, 0.1) is 15.3 Å². The van der Waals surface area contributed by atoms with Crippen molar-refractivity contribution in [2.24, 2.45) is 5.73 Å². The molecule has 0 bridgehead atoms. The third-order valence-electron chi connectivity index (χ3n) is 6.51. The van der Waals surface area contributed by atoms with E-state index >= 15 is 0 Å². The second-order valence-corrected chi connectivity index (χ2v) is 10.8. The van der Waals surface area contributed by atoms with Gasteiger partial charge in [0, 0.05) is 23.3 Å². The number of aromatic nitrogens is 4. The molecule has 44 heavy (non-hydrogen) atoms. The number of hydrogen-bond donors (Lipinski definition) is 2. The van der Waals surface area contributed by atoms with Crippen LogP contribution in [0.2, 0.25) is 0 Å². The summed E-state index contributed by atoms with van der Waals surface area (Å²) in [6.07, 6.45) is -1.41. The largest absolute Gasteiger partial charge is 0.573 e. The van der Waals surface area contributed by atoms with Crippen molar-refractivity contribution in [1.82, 2.24) is 24.6 Å². The number of rotatable bonds is 6. The highest BCUT2D eigenvalue weighted by Gasteiger charge is 2.40. The molecule has 1 saturated heterocycles. The fraction of sp³-hybridized carbons (Fsp3) is 0.214. The number of anilines is 1. The molecule has 226 valence electrons. The average molecular weight is 721 g/mol. The monoisotopic (exact) mass is 721 g/mol. The van der Waals surface area contributed by atoms with E-state index in [9.17, 15) is 31.9 Å². The first-order chi connectivity index (χ1) is 20.9. The number of nitrogens with two attached hydrogens (primary N) is 1. The molecular weight excluding hydrogens is 701 g/mol. The molecule has 11 nitrogen and oxygen atoms in total. The summed E-state index contributed by atoms with van der Waals surface area (Å²) >= 11 is 1.99. The van der Waals surface area contributed by atoms with Crippen LogP contribution >= 0.6 is 22.6 Å². The summed E-state index contributed by atoms with van der Waals surface area (Å²) in [7, 11) is 0. The predicted octanol–water partition coefficient (Wildman–Crippen LogP) is 3.75. The molecule has 2 aromatic heterocycles. The molecule has 0 unspecified atom stereocenters. The lowest BCUT2D eigenvalue weighted by atomic mass is 10.1. The van der Waals surface area contributed by atoms with Crippen LogP contribution in [0.25, 0.3) is 10.9 Å². The highest BCUT2D eigenvalue weighted by atomic mass is 127. The number of hydrogen-bond acceptors (Lipinski definition) is 7. The van der Waals surface area contributed by atoms with Gasteiger partial charge >= 0.3 is 6.36 Å². The Morgan fingerprint density at radius 2 is 1.84 bits per heavy atom. The maximum Gasteiger partial charge on any atom is 0.573 e. The number of carbonyl (C=O) groups excluding carboxylic acids is 3. The van der Waals surface area contributed by atoms with Crippen LogP contribution in [0.1, 0.15) is 34.7 Å². The smallest absolute Gasteiger partial charge is 0.403 e. The van der Waals surface area contributed by atoms with E-state index in [1.165, 1.54) is 9.58 Å². The van der Waals surface area contributed by atoms with Crippen LogP contribution < -0.4 is 15.8 Å². The van der Waals surface area contributed by atoms with Gasteiger partial charge in [0.15, 0.2) is 17.3 Å². The summed E-state index contributed by atoms with van der Waals surface area (Å²) in [6.45, 7) is -0.376. The van der Waals surface area contributed by atoms with E-state index in [1.54, 1.807) is 36.7 Å². The quantitative estimate of drug-likeness (QED) is 0.102. The van der Waals surface area contributed by atoms with Crippen LogP contribution in [-0.4, -0.2) is 58.8 Å². The highest BCUT2D eigenvalue weighted by Crippen LogP contribution is 2.33. The molecule has 2 aromatic carbocycles. The van der Waals surface area contributed by atoms with Crippen LogP contribution in [0.15, 0.2) is 54.9 Å². The normalized spacial score (nSPS) is 16.3. The lowest BCUT2D eigenvalue weighted by Crippen LogP contribution is -2.46. The van der Waals surface area contributed by atoms with Gasteiger partial charge in [-0.3, -0.25) is 19.1 Å². The van der Waals surface area contributed by atoms with E-state index in [1.807, 2.05) is 22.6 Å². The molecule has 0 saturated carbocycles. The van der Waals surface area contributed by atoms with E-state index in [4.69, 9.17) is 5.73 Å². The fourth-order valence-electron chi connectivity index (χ4n) is 4.64. The molecular formula is C28H20F4IN7O4. The number of likely N-dealkylation sites (tertiary alicyclic amines) is 1. The second-order valence-electron chi connectivity index (χ2n) is 9.41. The Balaban J connectivity index is 1.37. The number of primary amides is 1. The van der Waals surface area contributed by atoms with Crippen molar-refractivity contribution in [3.05, 3.63) is 77.8 Å². The minimum absolute atomic E-state index is 0.0921. The summed E-state index contributed by atoms with van der Waals surface area (Å²) < 4.78 is 57.0. The van der Waals surface area contributed by atoms with Gasteiger partial charge in [-0.1, -0.05) is 34.6 Å². The van der Waals surface area contributed by atoms with Gasteiger partial charge in [0.1, 0.15) is 12.6 Å². The van der Waals surface area contributed by atoms with Crippen molar-refractivity contribution in [3.8, 4) is 17.6 Å². The van der Waals surface area contributed by atoms with Crippen LogP contribution in [0, 0.1) is 17.7 Å². The van der Waals surface area contributed by atoms with Crippen molar-refractivity contribution < 1.29 is 36.7 Å². The summed E-state index contributed by atoms with van der Waals surface area (Å²) in [6, 6.07) is 8.39. The fourth-order valence-corrected chi connectivity index (χ4v) is 5.70. The number of halogens is 5. The number of ether oxygens (including phenoxy) is 1. The molecule has 1 aliphatic heterocycles. The van der Waals surface area contributed by atoms with Gasteiger partial charge in [0.2, 0.25) is 17.6 Å². The molecule has 4 aromatic rings. The zero-order valence-corrected chi connectivity index (χ0v) is 24.5. The number of nitrogens with one attached hydrogen (secondary N) is 1. The van der Waals surface area contributed by atoms with Gasteiger partial charge < -0.3 is 20.7 Å². The van der Waals surface area contributed by atoms with E-state index in [0.29, 0.717) is 28.7 Å². The molecule has 1 aliphatic rings. The number of alkyl halides is 4. The Morgan fingerprint density at radius 3 is 2.55 bits per heavy atom. The van der Waals surface area contributed by atoms with Gasteiger partial charge in [-0.25, -0.2) is 14.4 Å². The standard InChI is InChI=1S/C28H20F4IN7O4/c29-24-17(3-1-4-20(24)44-28(30,31)32)37-27(43)19-8-9-21(33)40(19)23(41)14-39-18-7-5-15(6-10-22-35-11-2-12-36-22)13-16(18)25(38-39)26(34)42/h1-5,7,11-13,19,21H,8-9,14H2,(H2,34,42)(H,37,43)/t19-,21-/m0/s1. The van der Waals surface area contributed by atoms with Gasteiger partial charge in [-0.2, -0.15) is 5.10 Å².